The lowest BCUT2D eigenvalue weighted by molar-refractivity contribution is 0.282. The Bertz CT molecular complexity index is 465. The SMILES string of the molecule is OCc1ccc(NCc2ccc(Br)cc2)cc1. The van der Waals surface area contributed by atoms with Crippen molar-refractivity contribution >= 4 is 21.6 Å². The van der Waals surface area contributed by atoms with Gasteiger partial charge in [0.2, 0.25) is 0 Å². The minimum atomic E-state index is 0.0903. The fraction of sp³-hybridized carbons (Fsp3) is 0.143. The fourth-order valence-corrected chi connectivity index (χ4v) is 1.80. The zero-order chi connectivity index (χ0) is 12.1. The molecule has 0 amide bonds. The molecule has 0 saturated heterocycles. The highest BCUT2D eigenvalue weighted by atomic mass is 79.9. The summed E-state index contributed by atoms with van der Waals surface area (Å²) in [5.74, 6) is 0. The monoisotopic (exact) mass is 291 g/mol. The summed E-state index contributed by atoms with van der Waals surface area (Å²) in [5, 5.41) is 12.3. The van der Waals surface area contributed by atoms with Crippen molar-refractivity contribution in [2.45, 2.75) is 13.2 Å². The molecule has 0 bridgehead atoms. The molecule has 0 aliphatic heterocycles. The van der Waals surface area contributed by atoms with E-state index in [1.807, 2.05) is 36.4 Å². The summed E-state index contributed by atoms with van der Waals surface area (Å²) >= 11 is 3.41. The average molecular weight is 292 g/mol. The Morgan fingerprint density at radius 1 is 0.882 bits per heavy atom. The van der Waals surface area contributed by atoms with E-state index in [2.05, 4.69) is 33.4 Å². The van der Waals surface area contributed by atoms with Crippen LogP contribution in [-0.4, -0.2) is 5.11 Å². The maximum absolute atomic E-state index is 8.94. The van der Waals surface area contributed by atoms with Gasteiger partial charge in [-0.05, 0) is 35.4 Å². The Labute approximate surface area is 109 Å². The Morgan fingerprint density at radius 2 is 1.47 bits per heavy atom. The van der Waals surface area contributed by atoms with Crippen molar-refractivity contribution in [3.63, 3.8) is 0 Å². The van der Waals surface area contributed by atoms with Gasteiger partial charge in [0.25, 0.3) is 0 Å². The van der Waals surface area contributed by atoms with Gasteiger partial charge in [-0.25, -0.2) is 0 Å². The zero-order valence-corrected chi connectivity index (χ0v) is 10.9. The number of halogens is 1. The first-order valence-corrected chi connectivity index (χ1v) is 6.25. The lowest BCUT2D eigenvalue weighted by Crippen LogP contribution is -1.99. The largest absolute Gasteiger partial charge is 0.392 e. The van der Waals surface area contributed by atoms with Gasteiger partial charge in [-0.3, -0.25) is 0 Å². The van der Waals surface area contributed by atoms with Gasteiger partial charge in [-0.2, -0.15) is 0 Å². The molecule has 0 heterocycles. The van der Waals surface area contributed by atoms with E-state index >= 15 is 0 Å². The van der Waals surface area contributed by atoms with E-state index in [0.29, 0.717) is 0 Å². The van der Waals surface area contributed by atoms with Crippen molar-refractivity contribution in [2.24, 2.45) is 0 Å². The number of anilines is 1. The summed E-state index contributed by atoms with van der Waals surface area (Å²) in [6.07, 6.45) is 0. The summed E-state index contributed by atoms with van der Waals surface area (Å²) in [6, 6.07) is 16.0. The second kappa shape index (κ2) is 5.84. The molecule has 0 aliphatic carbocycles. The maximum Gasteiger partial charge on any atom is 0.0681 e. The first-order valence-electron chi connectivity index (χ1n) is 5.46. The normalized spacial score (nSPS) is 10.2. The summed E-state index contributed by atoms with van der Waals surface area (Å²) in [4.78, 5) is 0. The molecule has 2 aromatic carbocycles. The first kappa shape index (κ1) is 12.1. The van der Waals surface area contributed by atoms with Crippen LogP contribution in [0.25, 0.3) is 0 Å². The summed E-state index contributed by atoms with van der Waals surface area (Å²) < 4.78 is 1.09. The standard InChI is InChI=1S/C14H14BrNO/c15-13-5-1-11(2-6-13)9-16-14-7-3-12(10-17)4-8-14/h1-8,16-17H,9-10H2. The van der Waals surface area contributed by atoms with Crippen LogP contribution in [0.5, 0.6) is 0 Å². The second-order valence-electron chi connectivity index (χ2n) is 3.84. The average Bonchev–Trinajstić information content (AvgIpc) is 2.39. The minimum Gasteiger partial charge on any atom is -0.392 e. The molecule has 0 unspecified atom stereocenters. The molecule has 0 spiro atoms. The third kappa shape index (κ3) is 3.58. The molecular weight excluding hydrogens is 278 g/mol. The van der Waals surface area contributed by atoms with E-state index in [1.54, 1.807) is 0 Å². The second-order valence-corrected chi connectivity index (χ2v) is 4.75. The molecule has 0 radical (unpaired) electrons. The van der Waals surface area contributed by atoms with Crippen molar-refractivity contribution in [1.82, 2.24) is 0 Å². The molecule has 2 rings (SSSR count). The van der Waals surface area contributed by atoms with E-state index in [1.165, 1.54) is 5.56 Å². The molecule has 0 aliphatic rings. The van der Waals surface area contributed by atoms with E-state index in [4.69, 9.17) is 5.11 Å². The molecule has 2 aromatic rings. The molecule has 17 heavy (non-hydrogen) atoms. The lowest BCUT2D eigenvalue weighted by Gasteiger charge is -2.07. The van der Waals surface area contributed by atoms with Crippen LogP contribution in [0.4, 0.5) is 5.69 Å². The van der Waals surface area contributed by atoms with E-state index in [0.717, 1.165) is 22.3 Å². The van der Waals surface area contributed by atoms with Gasteiger partial charge in [0, 0.05) is 16.7 Å². The van der Waals surface area contributed by atoms with Crippen LogP contribution in [0.2, 0.25) is 0 Å². The van der Waals surface area contributed by atoms with Crippen molar-refractivity contribution in [2.75, 3.05) is 5.32 Å². The quantitative estimate of drug-likeness (QED) is 0.903. The zero-order valence-electron chi connectivity index (χ0n) is 9.36. The van der Waals surface area contributed by atoms with E-state index in [9.17, 15) is 0 Å². The molecule has 0 atom stereocenters. The number of hydrogen-bond donors (Lipinski definition) is 2. The summed E-state index contributed by atoms with van der Waals surface area (Å²) in [6.45, 7) is 0.888. The van der Waals surface area contributed by atoms with Gasteiger partial charge >= 0.3 is 0 Å². The Kier molecular flexibility index (Phi) is 4.18. The van der Waals surface area contributed by atoms with Crippen LogP contribution in [0.15, 0.2) is 53.0 Å². The van der Waals surface area contributed by atoms with E-state index < -0.39 is 0 Å². The number of benzene rings is 2. The van der Waals surface area contributed by atoms with Crippen LogP contribution in [-0.2, 0) is 13.2 Å². The first-order chi connectivity index (χ1) is 8.28. The number of aliphatic hydroxyl groups is 1. The molecular formula is C14H14BrNO. The van der Waals surface area contributed by atoms with Crippen molar-refractivity contribution in [1.29, 1.82) is 0 Å². The van der Waals surface area contributed by atoms with Crippen molar-refractivity contribution in [3.8, 4) is 0 Å². The van der Waals surface area contributed by atoms with Gasteiger partial charge in [-0.1, -0.05) is 40.2 Å². The number of nitrogens with one attached hydrogen (secondary N) is 1. The molecule has 0 saturated carbocycles. The Morgan fingerprint density at radius 3 is 2.06 bits per heavy atom. The van der Waals surface area contributed by atoms with Gasteiger partial charge in [0.05, 0.1) is 6.61 Å². The van der Waals surface area contributed by atoms with Gasteiger partial charge < -0.3 is 10.4 Å². The van der Waals surface area contributed by atoms with Crippen LogP contribution in [0.3, 0.4) is 0 Å². The number of aliphatic hydroxyl groups excluding tert-OH is 1. The molecule has 3 heteroatoms. The van der Waals surface area contributed by atoms with Crippen LogP contribution < -0.4 is 5.32 Å². The third-order valence-corrected chi connectivity index (χ3v) is 3.08. The molecule has 0 aromatic heterocycles. The molecule has 0 fully saturated rings. The van der Waals surface area contributed by atoms with Gasteiger partial charge in [0.1, 0.15) is 0 Å². The number of rotatable bonds is 4. The van der Waals surface area contributed by atoms with Crippen molar-refractivity contribution in [3.05, 3.63) is 64.1 Å². The summed E-state index contributed by atoms with van der Waals surface area (Å²) in [5.41, 5.74) is 3.23. The smallest absolute Gasteiger partial charge is 0.0681 e. The highest BCUT2D eigenvalue weighted by Crippen LogP contribution is 2.13. The van der Waals surface area contributed by atoms with Crippen molar-refractivity contribution < 1.29 is 5.11 Å². The predicted molar refractivity (Wildman–Crippen MR) is 73.8 cm³/mol. The predicted octanol–water partition coefficient (Wildman–Crippen LogP) is 3.55. The topological polar surface area (TPSA) is 32.3 Å². The fourth-order valence-electron chi connectivity index (χ4n) is 1.53. The van der Waals surface area contributed by atoms with Crippen LogP contribution in [0, 0.1) is 0 Å². The Hall–Kier alpha value is -1.32. The Balaban J connectivity index is 1.95. The molecule has 88 valence electrons. The maximum atomic E-state index is 8.94. The van der Waals surface area contributed by atoms with E-state index in [-0.39, 0.29) is 6.61 Å². The highest BCUT2D eigenvalue weighted by Gasteiger charge is 1.95. The summed E-state index contributed by atoms with van der Waals surface area (Å²) in [7, 11) is 0. The highest BCUT2D eigenvalue weighted by molar-refractivity contribution is 9.10. The van der Waals surface area contributed by atoms with Gasteiger partial charge in [0.15, 0.2) is 0 Å². The minimum absolute atomic E-state index is 0.0903. The molecule has 2 N–H and O–H groups in total. The van der Waals surface area contributed by atoms with Crippen LogP contribution >= 0.6 is 15.9 Å². The lowest BCUT2D eigenvalue weighted by atomic mass is 10.2. The number of hydrogen-bond acceptors (Lipinski definition) is 2. The third-order valence-electron chi connectivity index (χ3n) is 2.55. The van der Waals surface area contributed by atoms with Gasteiger partial charge in [-0.15, -0.1) is 0 Å². The molecule has 2 nitrogen and oxygen atoms in total. The van der Waals surface area contributed by atoms with Crippen LogP contribution in [0.1, 0.15) is 11.1 Å².